The molecule has 0 spiro atoms. The lowest BCUT2D eigenvalue weighted by Gasteiger charge is -2.21. The highest BCUT2D eigenvalue weighted by molar-refractivity contribution is 5.89. The lowest BCUT2D eigenvalue weighted by atomic mass is 9.89. The van der Waals surface area contributed by atoms with Crippen LogP contribution in [0.3, 0.4) is 0 Å². The van der Waals surface area contributed by atoms with Gasteiger partial charge in [0.25, 0.3) is 0 Å². The Morgan fingerprint density at radius 2 is 1.24 bits per heavy atom. The van der Waals surface area contributed by atoms with Crippen LogP contribution < -0.4 is 0 Å². The zero-order valence-electron chi connectivity index (χ0n) is 16.1. The van der Waals surface area contributed by atoms with Crippen LogP contribution in [-0.2, 0) is 19.1 Å². The first-order valence-electron chi connectivity index (χ1n) is 8.03. The number of carbonyl (C=O) groups excluding carboxylic acids is 1. The molecule has 7 heteroatoms. The van der Waals surface area contributed by atoms with Crippen molar-refractivity contribution >= 4 is 17.9 Å². The van der Waals surface area contributed by atoms with E-state index in [1.807, 2.05) is 0 Å². The summed E-state index contributed by atoms with van der Waals surface area (Å²) >= 11 is 0. The maximum atomic E-state index is 12.0. The minimum Gasteiger partial charge on any atom is -0.481 e. The minimum absolute atomic E-state index is 0.0543. The van der Waals surface area contributed by atoms with Gasteiger partial charge in [-0.25, -0.2) is 4.79 Å². The maximum Gasteiger partial charge on any atom is 0.336 e. The number of rotatable bonds is 13. The fraction of sp³-hybridized carbons (Fsp3) is 0.136. The Kier molecular flexibility index (Phi) is 8.72. The molecule has 0 saturated heterocycles. The van der Waals surface area contributed by atoms with E-state index >= 15 is 0 Å². The molecule has 0 bridgehead atoms. The fourth-order valence-electron chi connectivity index (χ4n) is 1.97. The van der Waals surface area contributed by atoms with E-state index in [1.165, 1.54) is 6.08 Å². The second kappa shape index (κ2) is 10.0. The molecule has 3 N–H and O–H groups in total. The monoisotopic (exact) mass is 400 g/mol. The molecule has 0 fully saturated rings. The smallest absolute Gasteiger partial charge is 0.336 e. The second-order valence-corrected chi connectivity index (χ2v) is 6.10. The first kappa shape index (κ1) is 25.3. The average molecular weight is 400 g/mol. The number of ether oxygens (including phenoxy) is 1. The molecule has 1 atom stereocenters. The Hall–Kier alpha value is -3.71. The van der Waals surface area contributed by atoms with Crippen LogP contribution >= 0.6 is 0 Å². The second-order valence-electron chi connectivity index (χ2n) is 6.10. The summed E-state index contributed by atoms with van der Waals surface area (Å²) in [5, 5.41) is 27.6. The molecule has 1 unspecified atom stereocenters. The van der Waals surface area contributed by atoms with Gasteiger partial charge in [-0.15, -0.1) is 0 Å². The molecule has 0 aromatic rings. The summed E-state index contributed by atoms with van der Waals surface area (Å²) in [6.07, 6.45) is -0.819. The molecular formula is C22H24O7. The number of aliphatic carboxylic acids is 2. The molecule has 0 aliphatic carbocycles. The summed E-state index contributed by atoms with van der Waals surface area (Å²) in [7, 11) is 0. The van der Waals surface area contributed by atoms with Crippen molar-refractivity contribution in [1.82, 2.24) is 0 Å². The van der Waals surface area contributed by atoms with Crippen molar-refractivity contribution in [3.63, 3.8) is 0 Å². The lowest BCUT2D eigenvalue weighted by Crippen LogP contribution is -2.43. The molecule has 0 amide bonds. The highest BCUT2D eigenvalue weighted by Gasteiger charge is 2.41. The van der Waals surface area contributed by atoms with Crippen molar-refractivity contribution in [3.05, 3.63) is 97.9 Å². The van der Waals surface area contributed by atoms with E-state index in [2.05, 4.69) is 52.6 Å². The number of hydrogen-bond donors (Lipinski definition) is 3. The number of allylic oxidation sites excluding steroid dienone is 6. The van der Waals surface area contributed by atoms with Crippen molar-refractivity contribution in [3.8, 4) is 0 Å². The number of carboxylic acids is 2. The number of carboxylic acid groups (broad SMARTS) is 2. The molecule has 0 heterocycles. The van der Waals surface area contributed by atoms with Crippen LogP contribution in [0.15, 0.2) is 97.9 Å². The van der Waals surface area contributed by atoms with Gasteiger partial charge in [0.05, 0.1) is 12.8 Å². The van der Waals surface area contributed by atoms with Crippen molar-refractivity contribution in [2.75, 3.05) is 0 Å². The lowest BCUT2D eigenvalue weighted by molar-refractivity contribution is -0.170. The molecule has 7 nitrogen and oxygen atoms in total. The fourth-order valence-corrected chi connectivity index (χ4v) is 1.97. The quantitative estimate of drug-likeness (QED) is 0.246. The maximum absolute atomic E-state index is 12.0. The molecule has 29 heavy (non-hydrogen) atoms. The van der Waals surface area contributed by atoms with Gasteiger partial charge in [-0.3, -0.25) is 9.59 Å². The van der Waals surface area contributed by atoms with Crippen LogP contribution in [0, 0.1) is 0 Å². The SMILES string of the molecule is C=CC(=C)C(=C)C(=C)C(=C)C(=C)C(=C)C(=C)OC(=O)CC(O)(CC(=O)O)C(=O)O. The van der Waals surface area contributed by atoms with Gasteiger partial charge < -0.3 is 20.1 Å². The van der Waals surface area contributed by atoms with Gasteiger partial charge in [0.1, 0.15) is 5.76 Å². The third kappa shape index (κ3) is 6.75. The standard InChI is InChI=1S/C22H24O7/c1-9-12(2)13(3)14(4)15(5)16(6)17(7)18(8)29-20(25)11-22(28,21(26)27)10-19(23)24/h9,28H,1-8,10-11H2,(H,23,24)(H,26,27). The number of hydrogen-bond acceptors (Lipinski definition) is 5. The van der Waals surface area contributed by atoms with Gasteiger partial charge in [-0.2, -0.15) is 0 Å². The van der Waals surface area contributed by atoms with Crippen LogP contribution in [0.5, 0.6) is 0 Å². The Morgan fingerprint density at radius 3 is 1.66 bits per heavy atom. The van der Waals surface area contributed by atoms with E-state index in [0.717, 1.165) is 0 Å². The Morgan fingerprint density at radius 1 is 0.793 bits per heavy atom. The van der Waals surface area contributed by atoms with E-state index in [9.17, 15) is 19.5 Å². The summed E-state index contributed by atoms with van der Waals surface area (Å²) < 4.78 is 4.88. The zero-order valence-corrected chi connectivity index (χ0v) is 16.1. The molecule has 0 saturated carbocycles. The molecule has 0 aliphatic rings. The van der Waals surface area contributed by atoms with E-state index < -0.39 is 36.4 Å². The van der Waals surface area contributed by atoms with Gasteiger partial charge in [0.15, 0.2) is 5.60 Å². The molecule has 0 radical (unpaired) electrons. The third-order valence-corrected chi connectivity index (χ3v) is 3.94. The van der Waals surface area contributed by atoms with Crippen LogP contribution in [0.4, 0.5) is 0 Å². The number of carbonyl (C=O) groups is 3. The van der Waals surface area contributed by atoms with Crippen LogP contribution in [0.2, 0.25) is 0 Å². The van der Waals surface area contributed by atoms with Crippen molar-refractivity contribution in [2.45, 2.75) is 18.4 Å². The minimum atomic E-state index is -2.83. The van der Waals surface area contributed by atoms with E-state index in [-0.39, 0.29) is 16.9 Å². The van der Waals surface area contributed by atoms with Crippen molar-refractivity contribution < 1.29 is 34.4 Å². The Bertz CT molecular complexity index is 870. The van der Waals surface area contributed by atoms with Crippen LogP contribution in [0.1, 0.15) is 12.8 Å². The van der Waals surface area contributed by atoms with E-state index in [4.69, 9.17) is 14.9 Å². The Labute approximate surface area is 169 Å². The van der Waals surface area contributed by atoms with E-state index in [0.29, 0.717) is 22.3 Å². The zero-order chi connectivity index (χ0) is 23.1. The topological polar surface area (TPSA) is 121 Å². The average Bonchev–Trinajstić information content (AvgIpc) is 2.62. The number of aliphatic hydroxyl groups is 1. The summed E-state index contributed by atoms with van der Waals surface area (Å²) in [6.45, 7) is 29.8. The Balaban J connectivity index is 5.21. The molecule has 0 aromatic carbocycles. The molecular weight excluding hydrogens is 376 g/mol. The third-order valence-electron chi connectivity index (χ3n) is 3.94. The highest BCUT2D eigenvalue weighted by Crippen LogP contribution is 2.31. The summed E-state index contributed by atoms with van der Waals surface area (Å²) in [6, 6.07) is 0. The molecule has 0 aromatic heterocycles. The van der Waals surface area contributed by atoms with E-state index in [1.54, 1.807) is 0 Å². The molecule has 154 valence electrons. The first-order valence-corrected chi connectivity index (χ1v) is 8.03. The summed E-state index contributed by atoms with van der Waals surface area (Å²) in [4.78, 5) is 33.8. The van der Waals surface area contributed by atoms with Crippen LogP contribution in [0.25, 0.3) is 0 Å². The van der Waals surface area contributed by atoms with Crippen LogP contribution in [-0.4, -0.2) is 38.8 Å². The normalized spacial score (nSPS) is 11.9. The largest absolute Gasteiger partial charge is 0.481 e. The predicted molar refractivity (Wildman–Crippen MR) is 110 cm³/mol. The van der Waals surface area contributed by atoms with Gasteiger partial charge >= 0.3 is 17.9 Å². The van der Waals surface area contributed by atoms with Gasteiger partial charge in [0.2, 0.25) is 0 Å². The summed E-state index contributed by atoms with van der Waals surface area (Å²) in [5.41, 5.74) is -0.881. The molecule has 0 rings (SSSR count). The van der Waals surface area contributed by atoms with Gasteiger partial charge in [-0.05, 0) is 27.9 Å². The van der Waals surface area contributed by atoms with Gasteiger partial charge in [-0.1, -0.05) is 58.7 Å². The van der Waals surface area contributed by atoms with Crippen molar-refractivity contribution in [2.24, 2.45) is 0 Å². The predicted octanol–water partition coefficient (Wildman–Crippen LogP) is 3.25. The number of esters is 1. The first-order chi connectivity index (χ1) is 13.2. The molecule has 0 aliphatic heterocycles. The summed E-state index contributed by atoms with van der Waals surface area (Å²) in [5.74, 6) is -4.99. The van der Waals surface area contributed by atoms with Crippen molar-refractivity contribution in [1.29, 1.82) is 0 Å². The highest BCUT2D eigenvalue weighted by atomic mass is 16.5. The van der Waals surface area contributed by atoms with Gasteiger partial charge in [0, 0.05) is 5.57 Å².